The molecule has 0 aromatic carbocycles. The van der Waals surface area contributed by atoms with Crippen LogP contribution in [0.3, 0.4) is 0 Å². The third-order valence-electron chi connectivity index (χ3n) is 3.20. The van der Waals surface area contributed by atoms with Crippen molar-refractivity contribution >= 4 is 0 Å². The number of rotatable bonds is 5. The molecule has 1 rings (SSSR count). The van der Waals surface area contributed by atoms with E-state index in [9.17, 15) is 0 Å². The van der Waals surface area contributed by atoms with Crippen molar-refractivity contribution in [3.05, 3.63) is 0 Å². The van der Waals surface area contributed by atoms with Gasteiger partial charge in [0.25, 0.3) is 0 Å². The second-order valence-corrected chi connectivity index (χ2v) is 4.29. The summed E-state index contributed by atoms with van der Waals surface area (Å²) in [4.78, 5) is 4.50. The number of hydrogen-bond acceptors (Lipinski definition) is 4. The molecular formula is C10H24N4. The minimum absolute atomic E-state index is 0.668. The van der Waals surface area contributed by atoms with Gasteiger partial charge >= 0.3 is 0 Å². The monoisotopic (exact) mass is 200 g/mol. The van der Waals surface area contributed by atoms with E-state index in [-0.39, 0.29) is 0 Å². The summed E-state index contributed by atoms with van der Waals surface area (Å²) in [5.74, 6) is 0.881. The molecule has 0 saturated carbocycles. The quantitative estimate of drug-likeness (QED) is 0.606. The fraction of sp³-hybridized carbons (Fsp3) is 1.00. The summed E-state index contributed by atoms with van der Waals surface area (Å²) in [5, 5.41) is 0. The SMILES string of the molecule is CN(CN)CCC1CCN(CN)CC1. The molecule has 1 heterocycles. The number of nitrogens with two attached hydrogens (primary N) is 2. The highest BCUT2D eigenvalue weighted by atomic mass is 15.2. The van der Waals surface area contributed by atoms with Crippen LogP contribution in [-0.4, -0.2) is 49.8 Å². The molecule has 0 atom stereocenters. The number of likely N-dealkylation sites (tertiary alicyclic amines) is 1. The predicted octanol–water partition coefficient (Wildman–Crippen LogP) is -0.147. The van der Waals surface area contributed by atoms with E-state index in [1.165, 1.54) is 32.4 Å². The zero-order valence-electron chi connectivity index (χ0n) is 9.28. The first-order valence-corrected chi connectivity index (χ1v) is 5.57. The van der Waals surface area contributed by atoms with E-state index in [4.69, 9.17) is 11.5 Å². The van der Waals surface area contributed by atoms with Crippen molar-refractivity contribution in [1.82, 2.24) is 9.80 Å². The van der Waals surface area contributed by atoms with Crippen LogP contribution < -0.4 is 11.5 Å². The van der Waals surface area contributed by atoms with Gasteiger partial charge in [0.1, 0.15) is 0 Å². The van der Waals surface area contributed by atoms with Crippen LogP contribution in [0.4, 0.5) is 0 Å². The van der Waals surface area contributed by atoms with Crippen LogP contribution in [0.15, 0.2) is 0 Å². The van der Waals surface area contributed by atoms with Gasteiger partial charge in [-0.15, -0.1) is 0 Å². The lowest BCUT2D eigenvalue weighted by Crippen LogP contribution is -2.38. The molecule has 0 spiro atoms. The lowest BCUT2D eigenvalue weighted by atomic mass is 9.93. The maximum absolute atomic E-state index is 5.59. The van der Waals surface area contributed by atoms with E-state index in [2.05, 4.69) is 16.8 Å². The van der Waals surface area contributed by atoms with Gasteiger partial charge in [0.05, 0.1) is 0 Å². The van der Waals surface area contributed by atoms with Gasteiger partial charge in [-0.2, -0.15) is 0 Å². The summed E-state index contributed by atoms with van der Waals surface area (Å²) in [5.41, 5.74) is 11.1. The highest BCUT2D eigenvalue weighted by Gasteiger charge is 2.17. The number of piperidine rings is 1. The van der Waals surface area contributed by atoms with Gasteiger partial charge in [0, 0.05) is 13.3 Å². The Morgan fingerprint density at radius 1 is 1.29 bits per heavy atom. The van der Waals surface area contributed by atoms with Crippen molar-refractivity contribution in [2.75, 3.05) is 40.0 Å². The van der Waals surface area contributed by atoms with Crippen molar-refractivity contribution in [3.63, 3.8) is 0 Å². The Kier molecular flexibility index (Phi) is 5.40. The number of hydrogen-bond donors (Lipinski definition) is 2. The molecule has 0 bridgehead atoms. The van der Waals surface area contributed by atoms with E-state index in [0.29, 0.717) is 6.67 Å². The van der Waals surface area contributed by atoms with Gasteiger partial charge < -0.3 is 11.5 Å². The summed E-state index contributed by atoms with van der Waals surface area (Å²) in [6, 6.07) is 0. The average Bonchev–Trinajstić information content (AvgIpc) is 2.26. The van der Waals surface area contributed by atoms with Gasteiger partial charge in [-0.3, -0.25) is 9.80 Å². The van der Waals surface area contributed by atoms with Gasteiger partial charge in [0.15, 0.2) is 0 Å². The van der Waals surface area contributed by atoms with Crippen LogP contribution >= 0.6 is 0 Å². The van der Waals surface area contributed by atoms with Gasteiger partial charge in [0.2, 0.25) is 0 Å². The summed E-state index contributed by atoms with van der Waals surface area (Å²) in [7, 11) is 2.08. The van der Waals surface area contributed by atoms with Crippen molar-refractivity contribution < 1.29 is 0 Å². The average molecular weight is 200 g/mol. The normalized spacial score (nSPS) is 20.6. The first-order chi connectivity index (χ1) is 6.76. The molecule has 0 aromatic heterocycles. The fourth-order valence-corrected chi connectivity index (χ4v) is 1.95. The van der Waals surface area contributed by atoms with Crippen molar-refractivity contribution in [1.29, 1.82) is 0 Å². The second kappa shape index (κ2) is 6.35. The molecule has 4 heteroatoms. The van der Waals surface area contributed by atoms with E-state index in [1.54, 1.807) is 0 Å². The van der Waals surface area contributed by atoms with Crippen LogP contribution in [0, 0.1) is 5.92 Å². The molecule has 0 radical (unpaired) electrons. The minimum Gasteiger partial charge on any atom is -0.318 e. The molecule has 84 valence electrons. The molecule has 0 aliphatic carbocycles. The minimum atomic E-state index is 0.668. The molecule has 14 heavy (non-hydrogen) atoms. The smallest absolute Gasteiger partial charge is 0.0455 e. The lowest BCUT2D eigenvalue weighted by molar-refractivity contribution is 0.172. The molecule has 4 N–H and O–H groups in total. The standard InChI is InChI=1S/C10H24N4/c1-13(8-11)5-2-10-3-6-14(9-12)7-4-10/h10H,2-9,11-12H2,1H3. The third-order valence-corrected chi connectivity index (χ3v) is 3.20. The van der Waals surface area contributed by atoms with Crippen molar-refractivity contribution in [2.45, 2.75) is 19.3 Å². The molecule has 0 aromatic rings. The Labute approximate surface area is 87.2 Å². The summed E-state index contributed by atoms with van der Waals surface area (Å²) in [6.45, 7) is 4.86. The Hall–Kier alpha value is -0.160. The largest absolute Gasteiger partial charge is 0.318 e. The Balaban J connectivity index is 2.10. The highest BCUT2D eigenvalue weighted by Crippen LogP contribution is 2.19. The maximum atomic E-state index is 5.59. The first kappa shape index (κ1) is 11.9. The zero-order chi connectivity index (χ0) is 10.4. The molecule has 1 saturated heterocycles. The first-order valence-electron chi connectivity index (χ1n) is 5.57. The van der Waals surface area contributed by atoms with Gasteiger partial charge in [-0.25, -0.2) is 0 Å². The zero-order valence-corrected chi connectivity index (χ0v) is 9.28. The molecule has 4 nitrogen and oxygen atoms in total. The Bertz CT molecular complexity index is 143. The van der Waals surface area contributed by atoms with Crippen LogP contribution in [0.25, 0.3) is 0 Å². The lowest BCUT2D eigenvalue weighted by Gasteiger charge is -2.31. The molecule has 0 amide bonds. The summed E-state index contributed by atoms with van der Waals surface area (Å²) in [6.07, 6.45) is 3.89. The highest BCUT2D eigenvalue weighted by molar-refractivity contribution is 4.71. The second-order valence-electron chi connectivity index (χ2n) is 4.29. The van der Waals surface area contributed by atoms with E-state index < -0.39 is 0 Å². The summed E-state index contributed by atoms with van der Waals surface area (Å²) < 4.78 is 0. The van der Waals surface area contributed by atoms with E-state index >= 15 is 0 Å². The molecule has 1 aliphatic rings. The fourth-order valence-electron chi connectivity index (χ4n) is 1.95. The topological polar surface area (TPSA) is 58.5 Å². The molecular weight excluding hydrogens is 176 g/mol. The molecule has 1 fully saturated rings. The van der Waals surface area contributed by atoms with Crippen molar-refractivity contribution in [3.8, 4) is 0 Å². The summed E-state index contributed by atoms with van der Waals surface area (Å²) >= 11 is 0. The van der Waals surface area contributed by atoms with Crippen LogP contribution in [-0.2, 0) is 0 Å². The van der Waals surface area contributed by atoms with Gasteiger partial charge in [-0.1, -0.05) is 0 Å². The molecule has 1 aliphatic heterocycles. The van der Waals surface area contributed by atoms with E-state index in [0.717, 1.165) is 19.1 Å². The van der Waals surface area contributed by atoms with Gasteiger partial charge in [-0.05, 0) is 51.9 Å². The van der Waals surface area contributed by atoms with Crippen molar-refractivity contribution in [2.24, 2.45) is 17.4 Å². The molecule has 0 unspecified atom stereocenters. The maximum Gasteiger partial charge on any atom is 0.0455 e. The van der Waals surface area contributed by atoms with Crippen LogP contribution in [0.5, 0.6) is 0 Å². The number of nitrogens with zero attached hydrogens (tertiary/aromatic N) is 2. The Morgan fingerprint density at radius 3 is 2.43 bits per heavy atom. The predicted molar refractivity (Wildman–Crippen MR) is 59.7 cm³/mol. The van der Waals surface area contributed by atoms with Crippen LogP contribution in [0.2, 0.25) is 0 Å². The van der Waals surface area contributed by atoms with Crippen LogP contribution in [0.1, 0.15) is 19.3 Å². The third kappa shape index (κ3) is 3.92. The Morgan fingerprint density at radius 2 is 1.93 bits per heavy atom. The van der Waals surface area contributed by atoms with E-state index in [1.807, 2.05) is 0 Å².